The standard InChI is InChI=1S/C22H25FN2O3/c23-18-9-11-19(12-10-18)25(22(26)17-4-3-13-24-14-17)20-5-1-2-6-21(20)28-27-15-16-7-8-16/h3-4,9-14,16,20-21H,1-2,5-8,15H2/t20-,21-/m0/s1. The second-order valence-corrected chi connectivity index (χ2v) is 7.61. The van der Waals surface area contributed by atoms with Gasteiger partial charge in [-0.05, 0) is 68.0 Å². The van der Waals surface area contributed by atoms with Crippen LogP contribution in [0.4, 0.5) is 10.1 Å². The zero-order chi connectivity index (χ0) is 19.3. The molecule has 1 heterocycles. The van der Waals surface area contributed by atoms with Gasteiger partial charge >= 0.3 is 0 Å². The van der Waals surface area contributed by atoms with Crippen LogP contribution in [-0.4, -0.2) is 29.6 Å². The Bertz CT molecular complexity index is 780. The number of rotatable bonds is 7. The molecule has 4 rings (SSSR count). The van der Waals surface area contributed by atoms with Crippen molar-refractivity contribution in [3.8, 4) is 0 Å². The molecule has 1 aromatic carbocycles. The first-order valence-electron chi connectivity index (χ1n) is 10.00. The van der Waals surface area contributed by atoms with Crippen molar-refractivity contribution in [3.63, 3.8) is 0 Å². The van der Waals surface area contributed by atoms with E-state index in [1.165, 1.54) is 25.0 Å². The molecule has 2 atom stereocenters. The molecule has 0 bridgehead atoms. The molecule has 0 N–H and O–H groups in total. The monoisotopic (exact) mass is 384 g/mol. The van der Waals surface area contributed by atoms with E-state index in [1.807, 2.05) is 0 Å². The molecular formula is C22H25FN2O3. The molecule has 2 saturated carbocycles. The average molecular weight is 384 g/mol. The summed E-state index contributed by atoms with van der Waals surface area (Å²) in [6.45, 7) is 0.607. The number of pyridine rings is 1. The van der Waals surface area contributed by atoms with Crippen molar-refractivity contribution >= 4 is 11.6 Å². The Balaban J connectivity index is 1.60. The summed E-state index contributed by atoms with van der Waals surface area (Å²) in [5.41, 5.74) is 1.15. The van der Waals surface area contributed by atoms with E-state index in [0.717, 1.165) is 25.7 Å². The molecule has 28 heavy (non-hydrogen) atoms. The van der Waals surface area contributed by atoms with Crippen LogP contribution in [0.15, 0.2) is 48.8 Å². The number of nitrogens with zero attached hydrogens (tertiary/aromatic N) is 2. The number of hydrogen-bond donors (Lipinski definition) is 0. The van der Waals surface area contributed by atoms with Crippen molar-refractivity contribution in [2.75, 3.05) is 11.5 Å². The van der Waals surface area contributed by atoms with Crippen LogP contribution >= 0.6 is 0 Å². The SMILES string of the molecule is O=C(c1cccnc1)N(c1ccc(F)cc1)[C@H]1CCCC[C@@H]1OOCC1CC1. The van der Waals surface area contributed by atoms with Gasteiger partial charge in [0, 0.05) is 18.1 Å². The van der Waals surface area contributed by atoms with Gasteiger partial charge in [-0.2, -0.15) is 0 Å². The molecule has 1 aromatic heterocycles. The minimum absolute atomic E-state index is 0.164. The van der Waals surface area contributed by atoms with Gasteiger partial charge in [0.1, 0.15) is 11.9 Å². The van der Waals surface area contributed by atoms with E-state index in [4.69, 9.17) is 9.78 Å². The average Bonchev–Trinajstić information content (AvgIpc) is 3.56. The molecule has 1 amide bonds. The molecular weight excluding hydrogens is 359 g/mol. The summed E-state index contributed by atoms with van der Waals surface area (Å²) in [4.78, 5) is 30.4. The topological polar surface area (TPSA) is 51.7 Å². The molecule has 2 aliphatic carbocycles. The highest BCUT2D eigenvalue weighted by Crippen LogP contribution is 2.33. The summed E-state index contributed by atoms with van der Waals surface area (Å²) in [5, 5.41) is 0. The van der Waals surface area contributed by atoms with Crippen LogP contribution in [0.2, 0.25) is 0 Å². The lowest BCUT2D eigenvalue weighted by Gasteiger charge is -2.39. The van der Waals surface area contributed by atoms with Gasteiger partial charge in [-0.15, -0.1) is 0 Å². The van der Waals surface area contributed by atoms with Crippen LogP contribution in [0, 0.1) is 11.7 Å². The molecule has 0 aliphatic heterocycles. The first kappa shape index (κ1) is 19.0. The van der Waals surface area contributed by atoms with Gasteiger partial charge in [0.25, 0.3) is 5.91 Å². The number of amides is 1. The summed E-state index contributed by atoms with van der Waals surface area (Å²) >= 11 is 0. The molecule has 2 fully saturated rings. The van der Waals surface area contributed by atoms with Gasteiger partial charge in [0.15, 0.2) is 0 Å². The van der Waals surface area contributed by atoms with Crippen molar-refractivity contribution in [2.24, 2.45) is 5.92 Å². The van der Waals surface area contributed by atoms with Crippen LogP contribution in [0.5, 0.6) is 0 Å². The quantitative estimate of drug-likeness (QED) is 0.520. The third kappa shape index (κ3) is 4.56. The number of carbonyl (C=O) groups is 1. The fraction of sp³-hybridized carbons (Fsp3) is 0.455. The number of halogens is 1. The lowest BCUT2D eigenvalue weighted by atomic mass is 9.90. The molecule has 2 aliphatic rings. The maximum Gasteiger partial charge on any atom is 0.260 e. The van der Waals surface area contributed by atoms with Crippen molar-refractivity contribution in [1.82, 2.24) is 4.98 Å². The molecule has 6 heteroatoms. The zero-order valence-electron chi connectivity index (χ0n) is 15.8. The Kier molecular flexibility index (Phi) is 5.98. The van der Waals surface area contributed by atoms with Crippen molar-refractivity contribution < 1.29 is 19.0 Å². The second-order valence-electron chi connectivity index (χ2n) is 7.61. The number of hydrogen-bond acceptors (Lipinski definition) is 4. The zero-order valence-corrected chi connectivity index (χ0v) is 15.8. The van der Waals surface area contributed by atoms with Crippen molar-refractivity contribution in [2.45, 2.75) is 50.7 Å². The highest BCUT2D eigenvalue weighted by Gasteiger charge is 2.36. The smallest absolute Gasteiger partial charge is 0.260 e. The summed E-state index contributed by atoms with van der Waals surface area (Å²) in [5.74, 6) is 0.108. The molecule has 0 saturated heterocycles. The maximum absolute atomic E-state index is 13.5. The summed E-state index contributed by atoms with van der Waals surface area (Å²) in [7, 11) is 0. The number of aromatic nitrogens is 1. The number of anilines is 1. The van der Waals surface area contributed by atoms with Crippen LogP contribution < -0.4 is 4.90 Å². The van der Waals surface area contributed by atoms with Gasteiger partial charge in [-0.25, -0.2) is 14.2 Å². The van der Waals surface area contributed by atoms with E-state index >= 15 is 0 Å². The Morgan fingerprint density at radius 2 is 1.89 bits per heavy atom. The van der Waals surface area contributed by atoms with Crippen LogP contribution in [0.1, 0.15) is 48.9 Å². The largest absolute Gasteiger partial charge is 0.303 e. The molecule has 148 valence electrons. The van der Waals surface area contributed by atoms with Gasteiger partial charge in [0.2, 0.25) is 0 Å². The van der Waals surface area contributed by atoms with Crippen LogP contribution in [0.3, 0.4) is 0 Å². The second kappa shape index (κ2) is 8.80. The first-order valence-corrected chi connectivity index (χ1v) is 10.00. The normalized spacial score (nSPS) is 22.0. The van der Waals surface area contributed by atoms with E-state index in [0.29, 0.717) is 23.8 Å². The van der Waals surface area contributed by atoms with Gasteiger partial charge in [-0.3, -0.25) is 9.78 Å². The fourth-order valence-corrected chi connectivity index (χ4v) is 3.68. The Morgan fingerprint density at radius 1 is 1.11 bits per heavy atom. The van der Waals surface area contributed by atoms with E-state index in [-0.39, 0.29) is 23.9 Å². The Hall–Kier alpha value is -2.31. The molecule has 0 spiro atoms. The minimum atomic E-state index is -0.332. The van der Waals surface area contributed by atoms with Crippen LogP contribution in [-0.2, 0) is 9.78 Å². The van der Waals surface area contributed by atoms with Gasteiger partial charge in [-0.1, -0.05) is 12.8 Å². The molecule has 0 unspecified atom stereocenters. The minimum Gasteiger partial charge on any atom is -0.303 e. The highest BCUT2D eigenvalue weighted by molar-refractivity contribution is 6.06. The fourth-order valence-electron chi connectivity index (χ4n) is 3.68. The van der Waals surface area contributed by atoms with Crippen molar-refractivity contribution in [1.29, 1.82) is 0 Å². The van der Waals surface area contributed by atoms with Crippen LogP contribution in [0.25, 0.3) is 0 Å². The van der Waals surface area contributed by atoms with Gasteiger partial charge < -0.3 is 4.90 Å². The van der Waals surface area contributed by atoms with Gasteiger partial charge in [0.05, 0.1) is 18.2 Å². The molecule has 5 nitrogen and oxygen atoms in total. The lowest BCUT2D eigenvalue weighted by molar-refractivity contribution is -0.333. The first-order chi connectivity index (χ1) is 13.7. The predicted molar refractivity (Wildman–Crippen MR) is 103 cm³/mol. The van der Waals surface area contributed by atoms with E-state index in [9.17, 15) is 9.18 Å². The van der Waals surface area contributed by atoms with E-state index < -0.39 is 0 Å². The lowest BCUT2D eigenvalue weighted by Crippen LogP contribution is -2.50. The summed E-state index contributed by atoms with van der Waals surface area (Å²) in [6, 6.07) is 9.34. The maximum atomic E-state index is 13.5. The van der Waals surface area contributed by atoms with E-state index in [2.05, 4.69) is 4.98 Å². The molecule has 2 aromatic rings. The predicted octanol–water partition coefficient (Wildman–Crippen LogP) is 4.54. The third-order valence-electron chi connectivity index (χ3n) is 5.42. The number of benzene rings is 1. The van der Waals surface area contributed by atoms with E-state index in [1.54, 1.807) is 41.6 Å². The summed E-state index contributed by atoms with van der Waals surface area (Å²) in [6.07, 6.45) is 9.04. The molecule has 0 radical (unpaired) electrons. The Labute approximate surface area is 164 Å². The third-order valence-corrected chi connectivity index (χ3v) is 5.42. The van der Waals surface area contributed by atoms with Crippen molar-refractivity contribution in [3.05, 3.63) is 60.2 Å². The summed E-state index contributed by atoms with van der Waals surface area (Å²) < 4.78 is 13.5. The number of carbonyl (C=O) groups excluding carboxylic acids is 1. The highest BCUT2D eigenvalue weighted by atomic mass is 19.1. The Morgan fingerprint density at radius 3 is 2.61 bits per heavy atom.